The van der Waals surface area contributed by atoms with E-state index in [1.165, 1.54) is 26.4 Å². The quantitative estimate of drug-likeness (QED) is 0.760. The molecule has 0 fully saturated rings. The molecule has 1 aliphatic heterocycles. The molecule has 0 bridgehead atoms. The number of sulfonamides is 1. The molecule has 0 saturated carbocycles. The molecule has 156 valence electrons. The molecular formula is C18H17F3N2O5S. The maximum Gasteiger partial charge on any atom is 0.416 e. The van der Waals surface area contributed by atoms with Crippen LogP contribution in [-0.2, 0) is 20.9 Å². The highest BCUT2D eigenvalue weighted by molar-refractivity contribution is 7.92. The fraction of sp³-hybridized carbons (Fsp3) is 0.278. The summed E-state index contributed by atoms with van der Waals surface area (Å²) in [6.07, 6.45) is -4.67. The highest BCUT2D eigenvalue weighted by Crippen LogP contribution is 2.36. The monoisotopic (exact) mass is 430 g/mol. The fourth-order valence-electron chi connectivity index (χ4n) is 2.68. The molecule has 1 heterocycles. The zero-order chi connectivity index (χ0) is 21.2. The smallest absolute Gasteiger partial charge is 0.416 e. The standard InChI is InChI=1S/C18H17F3N2O5S/c1-26-15-9-13(17-22-6-7-28-17)14(10-16(15)27-2)23-29(24,25)12-5-3-4-11(8-12)18(19,20)21/h3-5,8-10,23H,6-7H2,1-2H3. The van der Waals surface area contributed by atoms with E-state index in [1.807, 2.05) is 0 Å². The zero-order valence-electron chi connectivity index (χ0n) is 15.4. The van der Waals surface area contributed by atoms with Gasteiger partial charge in [0.05, 0.1) is 42.5 Å². The van der Waals surface area contributed by atoms with Crippen LogP contribution in [0.4, 0.5) is 18.9 Å². The molecule has 0 atom stereocenters. The van der Waals surface area contributed by atoms with Gasteiger partial charge in [0.25, 0.3) is 10.0 Å². The molecule has 2 aromatic carbocycles. The first-order valence-corrected chi connectivity index (χ1v) is 9.78. The van der Waals surface area contributed by atoms with Gasteiger partial charge in [0.15, 0.2) is 11.5 Å². The average Bonchev–Trinajstić information content (AvgIpc) is 3.21. The number of hydrogen-bond acceptors (Lipinski definition) is 6. The summed E-state index contributed by atoms with van der Waals surface area (Å²) in [4.78, 5) is 3.62. The van der Waals surface area contributed by atoms with Gasteiger partial charge in [-0.05, 0) is 24.3 Å². The molecule has 0 amide bonds. The number of halogens is 3. The maximum atomic E-state index is 13.0. The molecule has 7 nitrogen and oxygen atoms in total. The molecule has 0 aliphatic carbocycles. The van der Waals surface area contributed by atoms with Crippen LogP contribution in [0.25, 0.3) is 0 Å². The van der Waals surface area contributed by atoms with Gasteiger partial charge in [-0.3, -0.25) is 4.72 Å². The lowest BCUT2D eigenvalue weighted by Crippen LogP contribution is -2.17. The number of rotatable bonds is 6. The first-order chi connectivity index (χ1) is 13.7. The molecule has 2 aromatic rings. The van der Waals surface area contributed by atoms with E-state index in [9.17, 15) is 21.6 Å². The topological polar surface area (TPSA) is 86.2 Å². The van der Waals surface area contributed by atoms with Crippen molar-refractivity contribution in [3.63, 3.8) is 0 Å². The van der Waals surface area contributed by atoms with Gasteiger partial charge in [0.2, 0.25) is 5.90 Å². The minimum Gasteiger partial charge on any atom is -0.493 e. The highest BCUT2D eigenvalue weighted by Gasteiger charge is 2.32. The third-order valence-electron chi connectivity index (χ3n) is 4.06. The Morgan fingerprint density at radius 3 is 2.38 bits per heavy atom. The Labute approximate surface area is 165 Å². The molecule has 3 rings (SSSR count). The Hall–Kier alpha value is -2.95. The van der Waals surface area contributed by atoms with Crippen molar-refractivity contribution in [3.05, 3.63) is 47.5 Å². The van der Waals surface area contributed by atoms with Gasteiger partial charge in [0.1, 0.15) is 6.61 Å². The number of anilines is 1. The number of aliphatic imine (C=N–C) groups is 1. The van der Waals surface area contributed by atoms with Gasteiger partial charge in [-0.15, -0.1) is 0 Å². The zero-order valence-corrected chi connectivity index (χ0v) is 16.2. The molecule has 11 heteroatoms. The lowest BCUT2D eigenvalue weighted by atomic mass is 10.1. The molecule has 29 heavy (non-hydrogen) atoms. The van der Waals surface area contributed by atoms with Crippen LogP contribution in [0.2, 0.25) is 0 Å². The van der Waals surface area contributed by atoms with Crippen LogP contribution >= 0.6 is 0 Å². The van der Waals surface area contributed by atoms with Crippen molar-refractivity contribution < 1.29 is 35.8 Å². The van der Waals surface area contributed by atoms with Gasteiger partial charge >= 0.3 is 6.18 Å². The minimum absolute atomic E-state index is 0.0284. The number of hydrogen-bond donors (Lipinski definition) is 1. The summed E-state index contributed by atoms with van der Waals surface area (Å²) >= 11 is 0. The van der Waals surface area contributed by atoms with Crippen molar-refractivity contribution in [2.75, 3.05) is 32.1 Å². The summed E-state index contributed by atoms with van der Waals surface area (Å²) < 4.78 is 82.5. The molecule has 1 aliphatic rings. The second-order valence-electron chi connectivity index (χ2n) is 5.92. The summed E-state index contributed by atoms with van der Waals surface area (Å²) in [5.41, 5.74) is -0.771. The summed E-state index contributed by atoms with van der Waals surface area (Å²) in [5.74, 6) is 0.715. The maximum absolute atomic E-state index is 13.0. The SMILES string of the molecule is COc1cc(NS(=O)(=O)c2cccc(C(F)(F)F)c2)c(C2=NCCO2)cc1OC. The summed E-state index contributed by atoms with van der Waals surface area (Å²) in [7, 11) is -1.57. The molecule has 0 unspecified atom stereocenters. The van der Waals surface area contributed by atoms with Crippen LogP contribution in [0.15, 0.2) is 46.3 Å². The second kappa shape index (κ2) is 7.82. The molecular weight excluding hydrogens is 413 g/mol. The van der Waals surface area contributed by atoms with Gasteiger partial charge in [0, 0.05) is 6.07 Å². The van der Waals surface area contributed by atoms with E-state index in [1.54, 1.807) is 0 Å². The van der Waals surface area contributed by atoms with E-state index in [2.05, 4.69) is 9.71 Å². The number of benzene rings is 2. The lowest BCUT2D eigenvalue weighted by molar-refractivity contribution is -0.137. The molecule has 0 aromatic heterocycles. The first kappa shape index (κ1) is 20.8. The number of alkyl halides is 3. The van der Waals surface area contributed by atoms with Crippen molar-refractivity contribution in [1.82, 2.24) is 0 Å². The van der Waals surface area contributed by atoms with E-state index in [0.29, 0.717) is 25.0 Å². The summed E-state index contributed by atoms with van der Waals surface area (Å²) in [5, 5.41) is 0. The number of nitrogens with zero attached hydrogens (tertiary/aromatic N) is 1. The summed E-state index contributed by atoms with van der Waals surface area (Å²) in [6.45, 7) is 0.715. The van der Waals surface area contributed by atoms with E-state index < -0.39 is 26.7 Å². The Balaban J connectivity index is 2.06. The predicted molar refractivity (Wildman–Crippen MR) is 99.2 cm³/mol. The summed E-state index contributed by atoms with van der Waals surface area (Å²) in [6, 6.07) is 6.28. The average molecular weight is 430 g/mol. The van der Waals surface area contributed by atoms with Crippen LogP contribution in [0.1, 0.15) is 11.1 Å². The third-order valence-corrected chi connectivity index (χ3v) is 5.42. The highest BCUT2D eigenvalue weighted by atomic mass is 32.2. The van der Waals surface area contributed by atoms with Crippen molar-refractivity contribution in [2.45, 2.75) is 11.1 Å². The van der Waals surface area contributed by atoms with Crippen molar-refractivity contribution in [1.29, 1.82) is 0 Å². The number of methoxy groups -OCH3 is 2. The van der Waals surface area contributed by atoms with Crippen LogP contribution in [0, 0.1) is 0 Å². The second-order valence-corrected chi connectivity index (χ2v) is 7.60. The normalized spacial score (nSPS) is 14.2. The van der Waals surface area contributed by atoms with Crippen LogP contribution < -0.4 is 14.2 Å². The van der Waals surface area contributed by atoms with E-state index in [4.69, 9.17) is 14.2 Å². The predicted octanol–water partition coefficient (Wildman–Crippen LogP) is 3.30. The van der Waals surface area contributed by atoms with Crippen molar-refractivity contribution >= 4 is 21.6 Å². The Morgan fingerprint density at radius 2 is 1.79 bits per heavy atom. The molecule has 0 radical (unpaired) electrons. The molecule has 0 spiro atoms. The van der Waals surface area contributed by atoms with E-state index in [-0.39, 0.29) is 22.9 Å². The number of ether oxygens (including phenoxy) is 3. The van der Waals surface area contributed by atoms with Gasteiger partial charge < -0.3 is 14.2 Å². The van der Waals surface area contributed by atoms with Crippen LogP contribution in [0.5, 0.6) is 11.5 Å². The Morgan fingerprint density at radius 1 is 1.10 bits per heavy atom. The van der Waals surface area contributed by atoms with Crippen LogP contribution in [0.3, 0.4) is 0 Å². The third kappa shape index (κ3) is 4.39. The van der Waals surface area contributed by atoms with E-state index >= 15 is 0 Å². The first-order valence-electron chi connectivity index (χ1n) is 8.29. The minimum atomic E-state index is -4.67. The van der Waals surface area contributed by atoms with Crippen molar-refractivity contribution in [2.24, 2.45) is 4.99 Å². The fourth-order valence-corrected chi connectivity index (χ4v) is 3.80. The van der Waals surface area contributed by atoms with Crippen LogP contribution in [-0.4, -0.2) is 41.7 Å². The van der Waals surface area contributed by atoms with Crippen molar-refractivity contribution in [3.8, 4) is 11.5 Å². The van der Waals surface area contributed by atoms with Gasteiger partial charge in [-0.1, -0.05) is 6.07 Å². The van der Waals surface area contributed by atoms with E-state index in [0.717, 1.165) is 18.2 Å². The van der Waals surface area contributed by atoms with Gasteiger partial charge in [-0.2, -0.15) is 13.2 Å². The number of nitrogens with one attached hydrogen (secondary N) is 1. The molecule has 0 saturated heterocycles. The van der Waals surface area contributed by atoms with Gasteiger partial charge in [-0.25, -0.2) is 13.4 Å². The molecule has 1 N–H and O–H groups in total. The Bertz CT molecular complexity index is 1050. The largest absolute Gasteiger partial charge is 0.493 e. The lowest BCUT2D eigenvalue weighted by Gasteiger charge is -2.17. The Kier molecular flexibility index (Phi) is 5.60.